The van der Waals surface area contributed by atoms with Gasteiger partial charge in [-0.2, -0.15) is 0 Å². The van der Waals surface area contributed by atoms with Crippen LogP contribution in [-0.2, 0) is 4.79 Å². The Morgan fingerprint density at radius 3 is 2.43 bits per heavy atom. The van der Waals surface area contributed by atoms with Crippen molar-refractivity contribution in [2.24, 2.45) is 5.41 Å². The molecule has 5 nitrogen and oxygen atoms in total. The minimum Gasteiger partial charge on any atom is -0.490 e. The maximum Gasteiger partial charge on any atom is 0.309 e. The molecule has 1 aliphatic rings. The molecule has 0 spiro atoms. The molecule has 2 rings (SSSR count). The van der Waals surface area contributed by atoms with E-state index in [1.807, 2.05) is 31.2 Å². The third-order valence-corrected chi connectivity index (χ3v) is 4.00. The van der Waals surface area contributed by atoms with Gasteiger partial charge in [-0.1, -0.05) is 12.1 Å². The van der Waals surface area contributed by atoms with E-state index in [0.717, 1.165) is 13.1 Å². The molecule has 1 aliphatic heterocycles. The first-order valence-electron chi connectivity index (χ1n) is 7.47. The van der Waals surface area contributed by atoms with E-state index in [4.69, 9.17) is 9.47 Å². The summed E-state index contributed by atoms with van der Waals surface area (Å²) in [5.74, 6) is 0.661. The number of piperidine rings is 1. The first-order chi connectivity index (χ1) is 10.2. The molecule has 0 radical (unpaired) electrons. The lowest BCUT2D eigenvalue weighted by Gasteiger charge is -2.33. The summed E-state index contributed by atoms with van der Waals surface area (Å²) in [6.07, 6.45) is 1.82. The van der Waals surface area contributed by atoms with Gasteiger partial charge in [-0.3, -0.25) is 4.79 Å². The Balaban J connectivity index is 1.95. The summed E-state index contributed by atoms with van der Waals surface area (Å²) < 4.78 is 11.3. The molecule has 1 heterocycles. The van der Waals surface area contributed by atoms with Crippen molar-refractivity contribution in [3.8, 4) is 11.5 Å². The standard InChI is InChI=1S/C16H23NO4/c1-2-20-13-5-3-4-6-14(13)21-12-9-16(15(18)19)7-10-17-11-8-16/h3-6,17H,2,7-12H2,1H3,(H,18,19). The molecule has 0 unspecified atom stereocenters. The highest BCUT2D eigenvalue weighted by Crippen LogP contribution is 2.34. The highest BCUT2D eigenvalue weighted by Gasteiger charge is 2.39. The highest BCUT2D eigenvalue weighted by atomic mass is 16.5. The molecule has 0 saturated carbocycles. The van der Waals surface area contributed by atoms with Crippen LogP contribution in [0.15, 0.2) is 24.3 Å². The van der Waals surface area contributed by atoms with E-state index in [1.54, 1.807) is 0 Å². The van der Waals surface area contributed by atoms with Gasteiger partial charge in [0.25, 0.3) is 0 Å². The molecule has 0 aliphatic carbocycles. The smallest absolute Gasteiger partial charge is 0.309 e. The fourth-order valence-corrected chi connectivity index (χ4v) is 2.68. The quantitative estimate of drug-likeness (QED) is 0.807. The Labute approximate surface area is 125 Å². The van der Waals surface area contributed by atoms with Gasteiger partial charge in [-0.05, 0) is 51.4 Å². The van der Waals surface area contributed by atoms with Gasteiger partial charge in [-0.15, -0.1) is 0 Å². The van der Waals surface area contributed by atoms with E-state index in [2.05, 4.69) is 5.32 Å². The number of carboxylic acids is 1. The van der Waals surface area contributed by atoms with Crippen LogP contribution >= 0.6 is 0 Å². The average molecular weight is 293 g/mol. The molecule has 1 fully saturated rings. The van der Waals surface area contributed by atoms with Crippen LogP contribution < -0.4 is 14.8 Å². The number of carboxylic acid groups (broad SMARTS) is 1. The van der Waals surface area contributed by atoms with Crippen LogP contribution in [0.5, 0.6) is 11.5 Å². The van der Waals surface area contributed by atoms with Crippen LogP contribution in [0, 0.1) is 5.41 Å². The van der Waals surface area contributed by atoms with Gasteiger partial charge in [0.15, 0.2) is 11.5 Å². The number of ether oxygens (including phenoxy) is 2. The second kappa shape index (κ2) is 7.31. The Bertz CT molecular complexity index is 469. The maximum atomic E-state index is 11.6. The Kier molecular flexibility index (Phi) is 5.44. The number of para-hydroxylation sites is 2. The van der Waals surface area contributed by atoms with Gasteiger partial charge in [0.1, 0.15) is 0 Å². The summed E-state index contributed by atoms with van der Waals surface area (Å²) in [6, 6.07) is 7.48. The first-order valence-corrected chi connectivity index (χ1v) is 7.47. The number of carbonyl (C=O) groups is 1. The van der Waals surface area contributed by atoms with Crippen molar-refractivity contribution in [1.82, 2.24) is 5.32 Å². The van der Waals surface area contributed by atoms with E-state index in [9.17, 15) is 9.90 Å². The summed E-state index contributed by atoms with van der Waals surface area (Å²) >= 11 is 0. The summed E-state index contributed by atoms with van der Waals surface area (Å²) in [5, 5.41) is 12.7. The van der Waals surface area contributed by atoms with Gasteiger partial charge in [-0.25, -0.2) is 0 Å². The predicted molar refractivity (Wildman–Crippen MR) is 79.9 cm³/mol. The van der Waals surface area contributed by atoms with Gasteiger partial charge in [0.2, 0.25) is 0 Å². The Hall–Kier alpha value is -1.75. The maximum absolute atomic E-state index is 11.6. The fourth-order valence-electron chi connectivity index (χ4n) is 2.68. The minimum atomic E-state index is -0.717. The first kappa shape index (κ1) is 15.6. The van der Waals surface area contributed by atoms with Crippen molar-refractivity contribution in [2.45, 2.75) is 26.2 Å². The minimum absolute atomic E-state index is 0.385. The molecular formula is C16H23NO4. The van der Waals surface area contributed by atoms with E-state index >= 15 is 0 Å². The molecule has 1 aromatic rings. The summed E-state index contributed by atoms with van der Waals surface area (Å²) in [5.41, 5.74) is -0.661. The molecule has 5 heteroatoms. The van der Waals surface area contributed by atoms with Crippen molar-refractivity contribution < 1.29 is 19.4 Å². The molecule has 1 aromatic carbocycles. The molecule has 0 atom stereocenters. The van der Waals surface area contributed by atoms with E-state index in [0.29, 0.717) is 44.0 Å². The van der Waals surface area contributed by atoms with Crippen LogP contribution in [0.25, 0.3) is 0 Å². The topological polar surface area (TPSA) is 67.8 Å². The zero-order valence-electron chi connectivity index (χ0n) is 12.4. The molecule has 0 aromatic heterocycles. The zero-order chi connectivity index (χ0) is 15.1. The van der Waals surface area contributed by atoms with E-state index in [-0.39, 0.29) is 0 Å². The Morgan fingerprint density at radius 2 is 1.86 bits per heavy atom. The largest absolute Gasteiger partial charge is 0.490 e. The molecule has 1 saturated heterocycles. The van der Waals surface area contributed by atoms with Gasteiger partial charge >= 0.3 is 5.97 Å². The molecule has 2 N–H and O–H groups in total. The highest BCUT2D eigenvalue weighted by molar-refractivity contribution is 5.74. The monoisotopic (exact) mass is 293 g/mol. The van der Waals surface area contributed by atoms with Crippen molar-refractivity contribution >= 4 is 5.97 Å². The Morgan fingerprint density at radius 1 is 1.24 bits per heavy atom. The van der Waals surface area contributed by atoms with Crippen LogP contribution in [-0.4, -0.2) is 37.4 Å². The number of aliphatic carboxylic acids is 1. The lowest BCUT2D eigenvalue weighted by molar-refractivity contribution is -0.151. The lowest BCUT2D eigenvalue weighted by atomic mass is 9.76. The number of rotatable bonds is 7. The van der Waals surface area contributed by atoms with Crippen LogP contribution in [0.1, 0.15) is 26.2 Å². The van der Waals surface area contributed by atoms with Crippen LogP contribution in [0.4, 0.5) is 0 Å². The van der Waals surface area contributed by atoms with Crippen LogP contribution in [0.3, 0.4) is 0 Å². The number of hydrogen-bond acceptors (Lipinski definition) is 4. The molecule has 0 bridgehead atoms. The number of benzene rings is 1. The van der Waals surface area contributed by atoms with Crippen molar-refractivity contribution in [1.29, 1.82) is 0 Å². The molecule has 0 amide bonds. The second-order valence-corrected chi connectivity index (χ2v) is 5.31. The number of nitrogens with one attached hydrogen (secondary N) is 1. The molecule has 21 heavy (non-hydrogen) atoms. The van der Waals surface area contributed by atoms with Crippen molar-refractivity contribution in [2.75, 3.05) is 26.3 Å². The lowest BCUT2D eigenvalue weighted by Crippen LogP contribution is -2.43. The average Bonchev–Trinajstić information content (AvgIpc) is 2.50. The molecule has 116 valence electrons. The van der Waals surface area contributed by atoms with Gasteiger partial charge < -0.3 is 19.9 Å². The predicted octanol–water partition coefficient (Wildman–Crippen LogP) is 2.31. The third-order valence-electron chi connectivity index (χ3n) is 4.00. The van der Waals surface area contributed by atoms with E-state index in [1.165, 1.54) is 0 Å². The number of hydrogen-bond donors (Lipinski definition) is 2. The normalized spacial score (nSPS) is 17.2. The third kappa shape index (κ3) is 3.88. The van der Waals surface area contributed by atoms with Crippen molar-refractivity contribution in [3.05, 3.63) is 24.3 Å². The molecular weight excluding hydrogens is 270 g/mol. The second-order valence-electron chi connectivity index (χ2n) is 5.31. The fraction of sp³-hybridized carbons (Fsp3) is 0.562. The van der Waals surface area contributed by atoms with Gasteiger partial charge in [0, 0.05) is 0 Å². The van der Waals surface area contributed by atoms with Crippen molar-refractivity contribution in [3.63, 3.8) is 0 Å². The summed E-state index contributed by atoms with van der Waals surface area (Å²) in [6.45, 7) is 4.39. The SMILES string of the molecule is CCOc1ccccc1OCCC1(C(=O)O)CCNCC1. The summed E-state index contributed by atoms with van der Waals surface area (Å²) in [4.78, 5) is 11.6. The van der Waals surface area contributed by atoms with Crippen LogP contribution in [0.2, 0.25) is 0 Å². The summed E-state index contributed by atoms with van der Waals surface area (Å²) in [7, 11) is 0. The van der Waals surface area contributed by atoms with E-state index < -0.39 is 11.4 Å². The van der Waals surface area contributed by atoms with Gasteiger partial charge in [0.05, 0.1) is 18.6 Å². The zero-order valence-corrected chi connectivity index (χ0v) is 12.4.